The fraction of sp³-hybridized carbons (Fsp3) is 0.273. The van der Waals surface area contributed by atoms with Gasteiger partial charge in [-0.05, 0) is 54.3 Å². The predicted octanol–water partition coefficient (Wildman–Crippen LogP) is 4.62. The summed E-state index contributed by atoms with van der Waals surface area (Å²) in [4.78, 5) is 18.4. The molecule has 1 N–H and O–H groups in total. The molecule has 1 aliphatic rings. The summed E-state index contributed by atoms with van der Waals surface area (Å²) >= 11 is 0. The standard InChI is InChI=1S/C22H22F2N4O/c23-18-5-8-21(24)20(12-18)17-2-1-10-28(14-17)22(29)26-19-6-3-16(4-7-19)13-27-11-9-25-15-27/h3-9,11-12,15,17H,1-2,10,13-14H2,(H,26,29). The zero-order valence-corrected chi connectivity index (χ0v) is 15.9. The van der Waals surface area contributed by atoms with E-state index in [2.05, 4.69) is 10.3 Å². The first kappa shape index (κ1) is 19.1. The molecule has 7 heteroatoms. The lowest BCUT2D eigenvalue weighted by Gasteiger charge is -2.33. The van der Waals surface area contributed by atoms with Gasteiger partial charge in [0.2, 0.25) is 0 Å². The second-order valence-corrected chi connectivity index (χ2v) is 7.31. The summed E-state index contributed by atoms with van der Waals surface area (Å²) in [5.41, 5.74) is 2.13. The van der Waals surface area contributed by atoms with E-state index in [4.69, 9.17) is 0 Å². The van der Waals surface area contributed by atoms with Crippen LogP contribution in [0.15, 0.2) is 61.2 Å². The largest absolute Gasteiger partial charge is 0.333 e. The van der Waals surface area contributed by atoms with Crippen molar-refractivity contribution in [2.24, 2.45) is 0 Å². The van der Waals surface area contributed by atoms with Crippen LogP contribution in [0.2, 0.25) is 0 Å². The number of anilines is 1. The lowest BCUT2D eigenvalue weighted by molar-refractivity contribution is 0.192. The minimum Gasteiger partial charge on any atom is -0.333 e. The number of nitrogens with one attached hydrogen (secondary N) is 1. The number of hydrogen-bond donors (Lipinski definition) is 1. The van der Waals surface area contributed by atoms with Crippen molar-refractivity contribution >= 4 is 11.7 Å². The molecule has 2 heterocycles. The Bertz CT molecular complexity index is 973. The van der Waals surface area contributed by atoms with Gasteiger partial charge in [0.05, 0.1) is 6.33 Å². The van der Waals surface area contributed by atoms with Crippen LogP contribution >= 0.6 is 0 Å². The van der Waals surface area contributed by atoms with E-state index in [0.29, 0.717) is 30.9 Å². The average Bonchev–Trinajstić information content (AvgIpc) is 3.24. The maximum atomic E-state index is 14.1. The summed E-state index contributed by atoms with van der Waals surface area (Å²) in [6.45, 7) is 1.67. The first-order chi connectivity index (χ1) is 14.1. The van der Waals surface area contributed by atoms with Crippen LogP contribution in [0.5, 0.6) is 0 Å². The van der Waals surface area contributed by atoms with E-state index in [-0.39, 0.29) is 11.9 Å². The van der Waals surface area contributed by atoms with E-state index in [1.807, 2.05) is 35.0 Å². The highest BCUT2D eigenvalue weighted by Gasteiger charge is 2.27. The summed E-state index contributed by atoms with van der Waals surface area (Å²) in [5.74, 6) is -1.09. The molecule has 2 amide bonds. The number of carbonyl (C=O) groups is 1. The number of nitrogens with zero attached hydrogens (tertiary/aromatic N) is 3. The van der Waals surface area contributed by atoms with Gasteiger partial charge in [0.1, 0.15) is 11.6 Å². The van der Waals surface area contributed by atoms with Gasteiger partial charge >= 0.3 is 6.03 Å². The zero-order chi connectivity index (χ0) is 20.2. The molecule has 1 aromatic heterocycles. The number of likely N-dealkylation sites (tertiary alicyclic amines) is 1. The Morgan fingerprint density at radius 2 is 2.00 bits per heavy atom. The molecule has 0 spiro atoms. The SMILES string of the molecule is O=C(Nc1ccc(Cn2ccnc2)cc1)N1CCCC(c2cc(F)ccc2F)C1. The lowest BCUT2D eigenvalue weighted by Crippen LogP contribution is -2.41. The van der Waals surface area contributed by atoms with Crippen LogP contribution in [0, 0.1) is 11.6 Å². The second-order valence-electron chi connectivity index (χ2n) is 7.31. The molecule has 2 aromatic carbocycles. The van der Waals surface area contributed by atoms with E-state index in [0.717, 1.165) is 30.5 Å². The molecule has 5 nitrogen and oxygen atoms in total. The minimum atomic E-state index is -0.459. The van der Waals surface area contributed by atoms with Gasteiger partial charge in [0.15, 0.2) is 0 Å². The van der Waals surface area contributed by atoms with Crippen LogP contribution in [0.25, 0.3) is 0 Å². The number of piperidine rings is 1. The fourth-order valence-corrected chi connectivity index (χ4v) is 3.73. The molecule has 150 valence electrons. The van der Waals surface area contributed by atoms with Gasteiger partial charge in [0.25, 0.3) is 0 Å². The van der Waals surface area contributed by atoms with Gasteiger partial charge in [-0.25, -0.2) is 18.6 Å². The van der Waals surface area contributed by atoms with Gasteiger partial charge in [0, 0.05) is 43.6 Å². The van der Waals surface area contributed by atoms with Crippen LogP contribution in [0.1, 0.15) is 29.9 Å². The molecule has 0 saturated carbocycles. The van der Waals surface area contributed by atoms with Gasteiger partial charge < -0.3 is 14.8 Å². The molecule has 0 radical (unpaired) electrons. The molecule has 29 heavy (non-hydrogen) atoms. The summed E-state index contributed by atoms with van der Waals surface area (Å²) in [7, 11) is 0. The molecular weight excluding hydrogens is 374 g/mol. The fourth-order valence-electron chi connectivity index (χ4n) is 3.73. The van der Waals surface area contributed by atoms with Crippen LogP contribution in [-0.4, -0.2) is 33.6 Å². The molecule has 1 atom stereocenters. The van der Waals surface area contributed by atoms with Crippen LogP contribution in [-0.2, 0) is 6.54 Å². The van der Waals surface area contributed by atoms with E-state index < -0.39 is 11.6 Å². The minimum absolute atomic E-state index is 0.206. The van der Waals surface area contributed by atoms with Crippen molar-refractivity contribution in [3.05, 3.63) is 83.9 Å². The van der Waals surface area contributed by atoms with Gasteiger partial charge in [-0.15, -0.1) is 0 Å². The Hall–Kier alpha value is -3.22. The maximum absolute atomic E-state index is 14.1. The molecule has 1 fully saturated rings. The normalized spacial score (nSPS) is 16.6. The van der Waals surface area contributed by atoms with Crippen LogP contribution in [0.3, 0.4) is 0 Å². The van der Waals surface area contributed by atoms with Crippen molar-refractivity contribution in [3.8, 4) is 0 Å². The van der Waals surface area contributed by atoms with Gasteiger partial charge in [-0.2, -0.15) is 0 Å². The highest BCUT2D eigenvalue weighted by molar-refractivity contribution is 5.89. The highest BCUT2D eigenvalue weighted by Crippen LogP contribution is 2.29. The van der Waals surface area contributed by atoms with Crippen molar-refractivity contribution in [2.75, 3.05) is 18.4 Å². The molecule has 1 saturated heterocycles. The van der Waals surface area contributed by atoms with Gasteiger partial charge in [-0.3, -0.25) is 0 Å². The third-order valence-electron chi connectivity index (χ3n) is 5.24. The summed E-state index contributed by atoms with van der Waals surface area (Å²) in [5, 5.41) is 2.90. The number of urea groups is 1. The van der Waals surface area contributed by atoms with E-state index >= 15 is 0 Å². The second kappa shape index (κ2) is 8.43. The smallest absolute Gasteiger partial charge is 0.321 e. The third kappa shape index (κ3) is 4.62. The topological polar surface area (TPSA) is 50.2 Å². The first-order valence-corrected chi connectivity index (χ1v) is 9.64. The zero-order valence-electron chi connectivity index (χ0n) is 15.9. The third-order valence-corrected chi connectivity index (χ3v) is 5.24. The first-order valence-electron chi connectivity index (χ1n) is 9.64. The van der Waals surface area contributed by atoms with Crippen molar-refractivity contribution in [1.29, 1.82) is 0 Å². The molecule has 0 bridgehead atoms. The van der Waals surface area contributed by atoms with Crippen molar-refractivity contribution in [1.82, 2.24) is 14.5 Å². The van der Waals surface area contributed by atoms with Crippen LogP contribution < -0.4 is 5.32 Å². The Balaban J connectivity index is 1.38. The number of amides is 2. The monoisotopic (exact) mass is 396 g/mol. The number of benzene rings is 2. The van der Waals surface area contributed by atoms with Crippen molar-refractivity contribution in [3.63, 3.8) is 0 Å². The molecule has 1 aliphatic heterocycles. The number of aromatic nitrogens is 2. The van der Waals surface area contributed by atoms with Gasteiger partial charge in [-0.1, -0.05) is 12.1 Å². The summed E-state index contributed by atoms with van der Waals surface area (Å²) in [6, 6.07) is 10.9. The maximum Gasteiger partial charge on any atom is 0.321 e. The Kier molecular flexibility index (Phi) is 5.55. The summed E-state index contributed by atoms with van der Waals surface area (Å²) in [6.07, 6.45) is 6.86. The highest BCUT2D eigenvalue weighted by atomic mass is 19.1. The number of imidazole rings is 1. The Labute approximate surface area is 168 Å². The Morgan fingerprint density at radius 1 is 1.17 bits per heavy atom. The molecule has 4 rings (SSSR count). The number of hydrogen-bond acceptors (Lipinski definition) is 2. The predicted molar refractivity (Wildman–Crippen MR) is 107 cm³/mol. The molecular formula is C22H22F2N4O. The number of carbonyl (C=O) groups excluding carboxylic acids is 1. The quantitative estimate of drug-likeness (QED) is 0.700. The molecule has 1 unspecified atom stereocenters. The van der Waals surface area contributed by atoms with Crippen molar-refractivity contribution in [2.45, 2.75) is 25.3 Å². The van der Waals surface area contributed by atoms with E-state index in [1.165, 1.54) is 6.07 Å². The number of halogens is 2. The van der Waals surface area contributed by atoms with E-state index in [1.54, 1.807) is 17.4 Å². The van der Waals surface area contributed by atoms with E-state index in [9.17, 15) is 13.6 Å². The summed E-state index contributed by atoms with van der Waals surface area (Å²) < 4.78 is 29.6. The lowest BCUT2D eigenvalue weighted by atomic mass is 9.90. The van der Waals surface area contributed by atoms with Crippen LogP contribution in [0.4, 0.5) is 19.3 Å². The van der Waals surface area contributed by atoms with Crippen molar-refractivity contribution < 1.29 is 13.6 Å². The molecule has 3 aromatic rings. The average molecular weight is 396 g/mol. The molecule has 0 aliphatic carbocycles. The Morgan fingerprint density at radius 3 is 2.76 bits per heavy atom. The number of rotatable bonds is 4.